The van der Waals surface area contributed by atoms with Crippen molar-refractivity contribution in [1.29, 1.82) is 0 Å². The van der Waals surface area contributed by atoms with Gasteiger partial charge in [-0.1, -0.05) is 25.3 Å². The molecule has 0 radical (unpaired) electrons. The quantitative estimate of drug-likeness (QED) is 0.785. The fourth-order valence-electron chi connectivity index (χ4n) is 3.20. The van der Waals surface area contributed by atoms with Crippen molar-refractivity contribution >= 4 is 11.9 Å². The van der Waals surface area contributed by atoms with E-state index < -0.39 is 5.54 Å². The minimum Gasteiger partial charge on any atom is -0.466 e. The van der Waals surface area contributed by atoms with E-state index in [1.54, 1.807) is 43.3 Å². The van der Waals surface area contributed by atoms with E-state index in [0.29, 0.717) is 12.3 Å². The number of aromatic nitrogens is 1. The molecule has 5 heteroatoms. The number of hydrogen-bond donors (Lipinski definition) is 0. The third-order valence-electron chi connectivity index (χ3n) is 4.46. The van der Waals surface area contributed by atoms with E-state index in [1.807, 2.05) is 0 Å². The molecule has 1 aromatic rings. The van der Waals surface area contributed by atoms with Crippen LogP contribution in [0, 0.1) is 0 Å². The van der Waals surface area contributed by atoms with Gasteiger partial charge in [-0.25, -0.2) is 0 Å². The van der Waals surface area contributed by atoms with Gasteiger partial charge in [-0.05, 0) is 31.9 Å². The van der Waals surface area contributed by atoms with Gasteiger partial charge >= 0.3 is 5.97 Å². The van der Waals surface area contributed by atoms with E-state index in [9.17, 15) is 9.59 Å². The Hall–Kier alpha value is -1.91. The highest BCUT2D eigenvalue weighted by molar-refractivity contribution is 5.93. The SMILES string of the molecule is CCOC(=O)CC1(N(C)C(=O)c2ccccn2)CCCCC1. The standard InChI is InChI=1S/C17H24N2O3/c1-3-22-15(20)13-17(10-6-4-7-11-17)19(2)16(21)14-9-5-8-12-18-14/h5,8-9,12H,3-4,6-7,10-11,13H2,1-2H3. The van der Waals surface area contributed by atoms with Gasteiger partial charge in [0.1, 0.15) is 5.69 Å². The molecule has 0 saturated heterocycles. The molecule has 0 aromatic carbocycles. The van der Waals surface area contributed by atoms with Crippen LogP contribution in [0.25, 0.3) is 0 Å². The number of carbonyl (C=O) groups is 2. The van der Waals surface area contributed by atoms with Crippen LogP contribution < -0.4 is 0 Å². The first-order chi connectivity index (χ1) is 10.6. The molecule has 0 aliphatic heterocycles. The summed E-state index contributed by atoms with van der Waals surface area (Å²) in [6.45, 7) is 2.17. The summed E-state index contributed by atoms with van der Waals surface area (Å²) in [5.74, 6) is -0.364. The second-order valence-electron chi connectivity index (χ2n) is 5.85. The highest BCUT2D eigenvalue weighted by atomic mass is 16.5. The number of carbonyl (C=O) groups excluding carboxylic acids is 2. The maximum Gasteiger partial charge on any atom is 0.308 e. The van der Waals surface area contributed by atoms with Crippen molar-refractivity contribution < 1.29 is 14.3 Å². The molecule has 1 aromatic heterocycles. The molecule has 1 amide bonds. The molecular weight excluding hydrogens is 280 g/mol. The van der Waals surface area contributed by atoms with Gasteiger partial charge in [-0.2, -0.15) is 0 Å². The van der Waals surface area contributed by atoms with Crippen LogP contribution in [-0.2, 0) is 9.53 Å². The Labute approximate surface area is 131 Å². The Morgan fingerprint density at radius 3 is 2.59 bits per heavy atom. The molecule has 2 rings (SSSR count). The number of nitrogens with zero attached hydrogens (tertiary/aromatic N) is 2. The van der Waals surface area contributed by atoms with Crippen LogP contribution in [0.1, 0.15) is 55.9 Å². The van der Waals surface area contributed by atoms with Crippen LogP contribution in [0.15, 0.2) is 24.4 Å². The summed E-state index contributed by atoms with van der Waals surface area (Å²) < 4.78 is 5.11. The lowest BCUT2D eigenvalue weighted by Gasteiger charge is -2.44. The Bertz CT molecular complexity index is 510. The van der Waals surface area contributed by atoms with Crippen LogP contribution in [0.5, 0.6) is 0 Å². The fourth-order valence-corrected chi connectivity index (χ4v) is 3.20. The summed E-state index contributed by atoms with van der Waals surface area (Å²) in [7, 11) is 1.78. The normalized spacial score (nSPS) is 16.8. The third-order valence-corrected chi connectivity index (χ3v) is 4.46. The van der Waals surface area contributed by atoms with Crippen molar-refractivity contribution in [3.8, 4) is 0 Å². The first-order valence-corrected chi connectivity index (χ1v) is 7.94. The Morgan fingerprint density at radius 1 is 1.27 bits per heavy atom. The van der Waals surface area contributed by atoms with Gasteiger partial charge in [0.05, 0.1) is 18.6 Å². The zero-order valence-electron chi connectivity index (χ0n) is 13.4. The van der Waals surface area contributed by atoms with Gasteiger partial charge in [0, 0.05) is 13.2 Å². The van der Waals surface area contributed by atoms with Crippen molar-refractivity contribution in [1.82, 2.24) is 9.88 Å². The molecule has 0 unspecified atom stereocenters. The topological polar surface area (TPSA) is 59.5 Å². The Morgan fingerprint density at radius 2 is 2.00 bits per heavy atom. The average molecular weight is 304 g/mol. The van der Waals surface area contributed by atoms with Gasteiger partial charge in [-0.15, -0.1) is 0 Å². The molecule has 0 N–H and O–H groups in total. The monoisotopic (exact) mass is 304 g/mol. The summed E-state index contributed by atoms with van der Waals surface area (Å²) >= 11 is 0. The smallest absolute Gasteiger partial charge is 0.308 e. The second-order valence-corrected chi connectivity index (χ2v) is 5.85. The molecule has 22 heavy (non-hydrogen) atoms. The number of amides is 1. The third kappa shape index (κ3) is 3.64. The molecule has 120 valence electrons. The maximum atomic E-state index is 12.7. The van der Waals surface area contributed by atoms with Crippen molar-refractivity contribution in [2.75, 3.05) is 13.7 Å². The maximum absolute atomic E-state index is 12.7. The lowest BCUT2D eigenvalue weighted by atomic mass is 9.78. The van der Waals surface area contributed by atoms with Crippen molar-refractivity contribution in [3.63, 3.8) is 0 Å². The number of hydrogen-bond acceptors (Lipinski definition) is 4. The second kappa shape index (κ2) is 7.38. The predicted molar refractivity (Wildman–Crippen MR) is 83.4 cm³/mol. The Kier molecular flexibility index (Phi) is 5.52. The van der Waals surface area contributed by atoms with Crippen molar-refractivity contribution in [2.45, 2.75) is 51.0 Å². The molecule has 1 aliphatic carbocycles. The summed E-state index contributed by atoms with van der Waals surface area (Å²) in [5, 5.41) is 0. The fraction of sp³-hybridized carbons (Fsp3) is 0.588. The molecule has 1 heterocycles. The van der Waals surface area contributed by atoms with Crippen LogP contribution >= 0.6 is 0 Å². The first-order valence-electron chi connectivity index (χ1n) is 7.94. The van der Waals surface area contributed by atoms with E-state index in [4.69, 9.17) is 4.74 Å². The molecule has 0 bridgehead atoms. The van der Waals surface area contributed by atoms with Gasteiger partial charge < -0.3 is 9.64 Å². The molecule has 1 fully saturated rings. The molecule has 1 aliphatic rings. The number of esters is 1. The molecule has 1 saturated carbocycles. The first kappa shape index (κ1) is 16.5. The highest BCUT2D eigenvalue weighted by Gasteiger charge is 2.41. The molecule has 0 spiro atoms. The number of rotatable bonds is 5. The van der Waals surface area contributed by atoms with E-state index in [1.165, 1.54) is 0 Å². The van der Waals surface area contributed by atoms with E-state index in [-0.39, 0.29) is 18.3 Å². The summed E-state index contributed by atoms with van der Waals surface area (Å²) in [4.78, 5) is 30.6. The van der Waals surface area contributed by atoms with Crippen LogP contribution in [0.2, 0.25) is 0 Å². The van der Waals surface area contributed by atoms with Crippen molar-refractivity contribution in [3.05, 3.63) is 30.1 Å². The van der Waals surface area contributed by atoms with Gasteiger partial charge in [0.2, 0.25) is 0 Å². The van der Waals surface area contributed by atoms with Gasteiger partial charge in [0.25, 0.3) is 5.91 Å². The van der Waals surface area contributed by atoms with Gasteiger partial charge in [-0.3, -0.25) is 14.6 Å². The minimum atomic E-state index is -0.445. The summed E-state index contributed by atoms with van der Waals surface area (Å²) in [6.07, 6.45) is 6.74. The predicted octanol–water partition coefficient (Wildman–Crippen LogP) is 2.81. The summed E-state index contributed by atoms with van der Waals surface area (Å²) in [5.41, 5.74) is -0.0298. The number of ether oxygens (including phenoxy) is 1. The zero-order chi connectivity index (χ0) is 16.0. The lowest BCUT2D eigenvalue weighted by Crippen LogP contribution is -2.52. The Balaban J connectivity index is 2.20. The largest absolute Gasteiger partial charge is 0.466 e. The van der Waals surface area contributed by atoms with E-state index in [0.717, 1.165) is 32.1 Å². The lowest BCUT2D eigenvalue weighted by molar-refractivity contribution is -0.146. The van der Waals surface area contributed by atoms with E-state index >= 15 is 0 Å². The minimum absolute atomic E-state index is 0.133. The highest BCUT2D eigenvalue weighted by Crippen LogP contribution is 2.36. The molecular formula is C17H24N2O3. The van der Waals surface area contributed by atoms with Crippen molar-refractivity contribution in [2.24, 2.45) is 0 Å². The summed E-state index contributed by atoms with van der Waals surface area (Å²) in [6, 6.07) is 5.29. The van der Waals surface area contributed by atoms with Crippen LogP contribution in [0.4, 0.5) is 0 Å². The van der Waals surface area contributed by atoms with E-state index in [2.05, 4.69) is 4.98 Å². The molecule has 0 atom stereocenters. The van der Waals surface area contributed by atoms with Crippen LogP contribution in [0.3, 0.4) is 0 Å². The molecule has 5 nitrogen and oxygen atoms in total. The average Bonchev–Trinajstić information content (AvgIpc) is 2.55. The van der Waals surface area contributed by atoms with Gasteiger partial charge in [0.15, 0.2) is 0 Å². The number of pyridine rings is 1. The van der Waals surface area contributed by atoms with Crippen LogP contribution in [-0.4, -0.2) is 41.0 Å². The zero-order valence-corrected chi connectivity index (χ0v) is 13.4.